The number of nitrogens with zero attached hydrogens (tertiary/aromatic N) is 1. The van der Waals surface area contributed by atoms with Crippen LogP contribution >= 0.6 is 23.2 Å². The number of alkyl halides is 1. The van der Waals surface area contributed by atoms with Gasteiger partial charge in [-0.1, -0.05) is 23.7 Å². The second-order valence-electron chi connectivity index (χ2n) is 4.20. The van der Waals surface area contributed by atoms with E-state index in [0.29, 0.717) is 11.6 Å². The summed E-state index contributed by atoms with van der Waals surface area (Å²) in [5, 5.41) is 13.8. The van der Waals surface area contributed by atoms with Gasteiger partial charge in [-0.15, -0.1) is 11.6 Å². The van der Waals surface area contributed by atoms with Gasteiger partial charge in [-0.25, -0.2) is 0 Å². The van der Waals surface area contributed by atoms with Crippen LogP contribution in [0.5, 0.6) is 0 Å². The number of nitro benzene ring substituents is 1. The maximum atomic E-state index is 12.1. The molecular formula is C14H10Cl2N2O3. The molecule has 7 heteroatoms. The van der Waals surface area contributed by atoms with Gasteiger partial charge in [-0.05, 0) is 29.8 Å². The molecule has 0 radical (unpaired) electrons. The number of amides is 1. The van der Waals surface area contributed by atoms with Gasteiger partial charge in [-0.3, -0.25) is 14.9 Å². The minimum absolute atomic E-state index is 0.0890. The van der Waals surface area contributed by atoms with Crippen LogP contribution in [0.1, 0.15) is 15.9 Å². The molecule has 0 saturated heterocycles. The monoisotopic (exact) mass is 324 g/mol. The number of hydrogen-bond acceptors (Lipinski definition) is 3. The van der Waals surface area contributed by atoms with E-state index in [1.54, 1.807) is 24.3 Å². The maximum absolute atomic E-state index is 12.1. The first-order chi connectivity index (χ1) is 10.0. The second kappa shape index (κ2) is 6.56. The number of carbonyl (C=O) groups excluding carboxylic acids is 1. The molecule has 0 saturated carbocycles. The number of rotatable bonds is 4. The fraction of sp³-hybridized carbons (Fsp3) is 0.0714. The van der Waals surface area contributed by atoms with Gasteiger partial charge in [0, 0.05) is 22.7 Å². The Morgan fingerprint density at radius 1 is 1.19 bits per heavy atom. The van der Waals surface area contributed by atoms with E-state index < -0.39 is 10.8 Å². The molecule has 0 aliphatic rings. The zero-order chi connectivity index (χ0) is 15.4. The Balaban J connectivity index is 2.27. The smallest absolute Gasteiger partial charge is 0.282 e. The number of hydrogen-bond donors (Lipinski definition) is 1. The third-order valence-corrected chi connectivity index (χ3v) is 3.31. The van der Waals surface area contributed by atoms with Crippen LogP contribution in [0.3, 0.4) is 0 Å². The van der Waals surface area contributed by atoms with Crippen LogP contribution in [0.4, 0.5) is 11.4 Å². The largest absolute Gasteiger partial charge is 0.322 e. The number of carbonyl (C=O) groups is 1. The van der Waals surface area contributed by atoms with Gasteiger partial charge in [0.25, 0.3) is 11.6 Å². The predicted octanol–water partition coefficient (Wildman–Crippen LogP) is 4.24. The lowest BCUT2D eigenvalue weighted by Gasteiger charge is -2.07. The zero-order valence-corrected chi connectivity index (χ0v) is 12.2. The highest BCUT2D eigenvalue weighted by Gasteiger charge is 2.20. The first-order valence-electron chi connectivity index (χ1n) is 5.91. The molecule has 2 aromatic carbocycles. The Morgan fingerprint density at radius 2 is 1.86 bits per heavy atom. The van der Waals surface area contributed by atoms with Gasteiger partial charge in [0.15, 0.2) is 0 Å². The lowest BCUT2D eigenvalue weighted by Crippen LogP contribution is -2.14. The molecule has 0 spiro atoms. The summed E-state index contributed by atoms with van der Waals surface area (Å²) in [6.45, 7) is 0. The zero-order valence-electron chi connectivity index (χ0n) is 10.7. The number of halogens is 2. The van der Waals surface area contributed by atoms with Crippen LogP contribution in [0.2, 0.25) is 5.02 Å². The third-order valence-electron chi connectivity index (χ3n) is 2.77. The van der Waals surface area contributed by atoms with Gasteiger partial charge in [0.1, 0.15) is 5.56 Å². The first kappa shape index (κ1) is 15.3. The van der Waals surface area contributed by atoms with Crippen molar-refractivity contribution in [1.29, 1.82) is 0 Å². The van der Waals surface area contributed by atoms with Crippen LogP contribution in [0.15, 0.2) is 42.5 Å². The SMILES string of the molecule is O=C(Nc1ccc(CCl)cc1)c1cc(Cl)ccc1[N+](=O)[O-]. The molecule has 108 valence electrons. The van der Waals surface area contributed by atoms with E-state index in [1.807, 2.05) is 0 Å². The molecule has 0 aliphatic heterocycles. The number of nitro groups is 1. The molecule has 21 heavy (non-hydrogen) atoms. The molecule has 5 nitrogen and oxygen atoms in total. The second-order valence-corrected chi connectivity index (χ2v) is 4.91. The lowest BCUT2D eigenvalue weighted by atomic mass is 10.1. The Labute approximate surface area is 130 Å². The summed E-state index contributed by atoms with van der Waals surface area (Å²) in [5.74, 6) is -0.226. The number of benzene rings is 2. The molecule has 2 rings (SSSR count). The normalized spacial score (nSPS) is 10.2. The fourth-order valence-corrected chi connectivity index (χ4v) is 2.08. The van der Waals surface area contributed by atoms with Gasteiger partial charge >= 0.3 is 0 Å². The van der Waals surface area contributed by atoms with E-state index >= 15 is 0 Å². The first-order valence-corrected chi connectivity index (χ1v) is 6.82. The van der Waals surface area contributed by atoms with Crippen molar-refractivity contribution in [3.05, 3.63) is 68.7 Å². The van der Waals surface area contributed by atoms with Crippen LogP contribution in [-0.2, 0) is 5.88 Å². The fourth-order valence-electron chi connectivity index (χ4n) is 1.72. The van der Waals surface area contributed by atoms with Crippen molar-refractivity contribution < 1.29 is 9.72 Å². The van der Waals surface area contributed by atoms with Crippen molar-refractivity contribution in [2.45, 2.75) is 5.88 Å². The molecule has 1 amide bonds. The van der Waals surface area contributed by atoms with Gasteiger partial charge in [-0.2, -0.15) is 0 Å². The highest BCUT2D eigenvalue weighted by molar-refractivity contribution is 6.31. The summed E-state index contributed by atoms with van der Waals surface area (Å²) in [6.07, 6.45) is 0. The van der Waals surface area contributed by atoms with Crippen LogP contribution in [0.25, 0.3) is 0 Å². The van der Waals surface area contributed by atoms with Crippen molar-refractivity contribution in [3.63, 3.8) is 0 Å². The molecular weight excluding hydrogens is 315 g/mol. The summed E-state index contributed by atoms with van der Waals surface area (Å²) in [6, 6.07) is 10.7. The van der Waals surface area contributed by atoms with E-state index in [9.17, 15) is 14.9 Å². The van der Waals surface area contributed by atoms with E-state index in [2.05, 4.69) is 5.32 Å². The Morgan fingerprint density at radius 3 is 2.43 bits per heavy atom. The van der Waals surface area contributed by atoms with Crippen LogP contribution < -0.4 is 5.32 Å². The molecule has 0 heterocycles. The van der Waals surface area contributed by atoms with Gasteiger partial charge < -0.3 is 5.32 Å². The summed E-state index contributed by atoms with van der Waals surface area (Å²) < 4.78 is 0. The average Bonchev–Trinajstić information content (AvgIpc) is 2.47. The highest BCUT2D eigenvalue weighted by Crippen LogP contribution is 2.24. The summed E-state index contributed by atoms with van der Waals surface area (Å²) in [5.41, 5.74) is 1.04. The number of nitrogens with one attached hydrogen (secondary N) is 1. The van der Waals surface area contributed by atoms with Crippen molar-refractivity contribution >= 4 is 40.5 Å². The Bertz CT molecular complexity index is 687. The summed E-state index contributed by atoms with van der Waals surface area (Å²) in [4.78, 5) is 22.5. The van der Waals surface area contributed by atoms with Crippen molar-refractivity contribution in [2.75, 3.05) is 5.32 Å². The van der Waals surface area contributed by atoms with E-state index in [1.165, 1.54) is 18.2 Å². The quantitative estimate of drug-likeness (QED) is 0.519. The third kappa shape index (κ3) is 3.71. The molecule has 0 fully saturated rings. The van der Waals surface area contributed by atoms with Gasteiger partial charge in [0.05, 0.1) is 4.92 Å². The topological polar surface area (TPSA) is 72.2 Å². The standard InChI is InChI=1S/C14H10Cl2N2O3/c15-8-9-1-4-11(5-2-9)17-14(19)12-7-10(16)3-6-13(12)18(20)21/h1-7H,8H2,(H,17,19). The van der Waals surface area contributed by atoms with Crippen molar-refractivity contribution in [3.8, 4) is 0 Å². The van der Waals surface area contributed by atoms with E-state index in [-0.39, 0.29) is 16.3 Å². The maximum Gasteiger partial charge on any atom is 0.282 e. The van der Waals surface area contributed by atoms with Crippen molar-refractivity contribution in [2.24, 2.45) is 0 Å². The lowest BCUT2D eigenvalue weighted by molar-refractivity contribution is -0.385. The molecule has 0 bridgehead atoms. The minimum Gasteiger partial charge on any atom is -0.322 e. The van der Waals surface area contributed by atoms with Crippen molar-refractivity contribution in [1.82, 2.24) is 0 Å². The van der Waals surface area contributed by atoms with Crippen LogP contribution in [0, 0.1) is 10.1 Å². The molecule has 0 atom stereocenters. The summed E-state index contributed by atoms with van der Waals surface area (Å²) in [7, 11) is 0. The Kier molecular flexibility index (Phi) is 4.77. The summed E-state index contributed by atoms with van der Waals surface area (Å²) >= 11 is 11.5. The number of anilines is 1. The molecule has 0 unspecified atom stereocenters. The molecule has 2 aromatic rings. The minimum atomic E-state index is -0.623. The van der Waals surface area contributed by atoms with Crippen LogP contribution in [-0.4, -0.2) is 10.8 Å². The van der Waals surface area contributed by atoms with E-state index in [4.69, 9.17) is 23.2 Å². The predicted molar refractivity (Wildman–Crippen MR) is 82.1 cm³/mol. The van der Waals surface area contributed by atoms with E-state index in [0.717, 1.165) is 5.56 Å². The van der Waals surface area contributed by atoms with Gasteiger partial charge in [0.2, 0.25) is 0 Å². The molecule has 1 N–H and O–H groups in total. The highest BCUT2D eigenvalue weighted by atomic mass is 35.5. The Hall–Kier alpha value is -2.11. The average molecular weight is 325 g/mol. The molecule has 0 aliphatic carbocycles. The molecule has 0 aromatic heterocycles.